The van der Waals surface area contributed by atoms with Crippen molar-refractivity contribution >= 4 is 15.7 Å². The van der Waals surface area contributed by atoms with Gasteiger partial charge >= 0.3 is 0 Å². The van der Waals surface area contributed by atoms with Gasteiger partial charge in [-0.15, -0.1) is 0 Å². The quantitative estimate of drug-likeness (QED) is 0.892. The molecule has 0 aliphatic rings. The van der Waals surface area contributed by atoms with Crippen molar-refractivity contribution in [3.8, 4) is 0 Å². The lowest BCUT2D eigenvalue weighted by Gasteiger charge is -2.10. The van der Waals surface area contributed by atoms with Crippen LogP contribution in [0.3, 0.4) is 0 Å². The monoisotopic (exact) mass is 312 g/mol. The molecule has 0 radical (unpaired) electrons. The predicted octanol–water partition coefficient (Wildman–Crippen LogP) is 2.49. The maximum absolute atomic E-state index is 13.9. The summed E-state index contributed by atoms with van der Waals surface area (Å²) in [5, 5.41) is 2.85. The molecule has 0 unspecified atom stereocenters. The molecule has 0 fully saturated rings. The molecule has 0 aliphatic heterocycles. The number of hydrogen-bond donors (Lipinski definition) is 2. The zero-order chi connectivity index (χ0) is 15.5. The van der Waals surface area contributed by atoms with E-state index in [0.717, 1.165) is 18.2 Å². The lowest BCUT2D eigenvalue weighted by Crippen LogP contribution is -2.15. The first kappa shape index (κ1) is 15.4. The number of rotatable bonds is 5. The van der Waals surface area contributed by atoms with Crippen LogP contribution in [-0.2, 0) is 16.6 Å². The van der Waals surface area contributed by atoms with Crippen LogP contribution in [0.5, 0.6) is 0 Å². The summed E-state index contributed by atoms with van der Waals surface area (Å²) < 4.78 is 53.1. The standard InChI is InChI=1S/C14H14F2N2O2S/c1-17-9-10-2-7-14(13(16)8-10)21(19,20)18-12-5-3-11(15)4-6-12/h2-8,17-18H,9H2,1H3. The number of anilines is 1. The highest BCUT2D eigenvalue weighted by molar-refractivity contribution is 7.92. The Balaban J connectivity index is 2.29. The molecular formula is C14H14F2N2O2S. The molecule has 4 nitrogen and oxygen atoms in total. The lowest BCUT2D eigenvalue weighted by molar-refractivity contribution is 0.568. The summed E-state index contributed by atoms with van der Waals surface area (Å²) in [6.07, 6.45) is 0. The minimum Gasteiger partial charge on any atom is -0.316 e. The fraction of sp³-hybridized carbons (Fsp3) is 0.143. The van der Waals surface area contributed by atoms with E-state index in [-0.39, 0.29) is 5.69 Å². The van der Waals surface area contributed by atoms with Crippen LogP contribution in [0, 0.1) is 11.6 Å². The molecule has 0 amide bonds. The zero-order valence-electron chi connectivity index (χ0n) is 11.2. The van der Waals surface area contributed by atoms with Gasteiger partial charge in [-0.3, -0.25) is 4.72 Å². The van der Waals surface area contributed by atoms with Crippen molar-refractivity contribution in [3.05, 3.63) is 59.7 Å². The Morgan fingerprint density at radius 3 is 2.29 bits per heavy atom. The van der Waals surface area contributed by atoms with E-state index in [2.05, 4.69) is 10.0 Å². The van der Waals surface area contributed by atoms with E-state index in [0.29, 0.717) is 12.1 Å². The molecule has 0 spiro atoms. The minimum atomic E-state index is -4.06. The van der Waals surface area contributed by atoms with Crippen molar-refractivity contribution in [2.45, 2.75) is 11.4 Å². The van der Waals surface area contributed by atoms with Crippen LogP contribution in [-0.4, -0.2) is 15.5 Å². The van der Waals surface area contributed by atoms with Crippen molar-refractivity contribution in [1.82, 2.24) is 5.32 Å². The summed E-state index contributed by atoms with van der Waals surface area (Å²) in [6, 6.07) is 8.65. The topological polar surface area (TPSA) is 58.2 Å². The van der Waals surface area contributed by atoms with Gasteiger partial charge in [0.25, 0.3) is 10.0 Å². The summed E-state index contributed by atoms with van der Waals surface area (Å²) in [6.45, 7) is 0.433. The van der Waals surface area contributed by atoms with E-state index in [1.807, 2.05) is 0 Å². The molecule has 21 heavy (non-hydrogen) atoms. The summed E-state index contributed by atoms with van der Waals surface area (Å²) >= 11 is 0. The second-order valence-corrected chi connectivity index (χ2v) is 6.06. The third-order valence-corrected chi connectivity index (χ3v) is 4.18. The molecule has 7 heteroatoms. The first-order chi connectivity index (χ1) is 9.92. The van der Waals surface area contributed by atoms with Crippen LogP contribution >= 0.6 is 0 Å². The Labute approximate surface area is 121 Å². The van der Waals surface area contributed by atoms with Crippen LogP contribution in [0.15, 0.2) is 47.4 Å². The average molecular weight is 312 g/mol. The largest absolute Gasteiger partial charge is 0.316 e. The molecule has 2 N–H and O–H groups in total. The van der Waals surface area contributed by atoms with Crippen LogP contribution in [0.4, 0.5) is 14.5 Å². The van der Waals surface area contributed by atoms with Gasteiger partial charge in [0.1, 0.15) is 16.5 Å². The van der Waals surface area contributed by atoms with Crippen LogP contribution < -0.4 is 10.0 Å². The first-order valence-corrected chi connectivity index (χ1v) is 7.62. The van der Waals surface area contributed by atoms with Crippen molar-refractivity contribution in [3.63, 3.8) is 0 Å². The van der Waals surface area contributed by atoms with E-state index in [1.54, 1.807) is 7.05 Å². The average Bonchev–Trinajstić information content (AvgIpc) is 2.41. The molecule has 0 heterocycles. The second-order valence-electron chi connectivity index (χ2n) is 4.41. The fourth-order valence-electron chi connectivity index (χ4n) is 1.80. The smallest absolute Gasteiger partial charge is 0.264 e. The van der Waals surface area contributed by atoms with E-state index in [1.165, 1.54) is 24.3 Å². The number of nitrogens with one attached hydrogen (secondary N) is 2. The molecule has 0 aromatic heterocycles. The molecule has 112 valence electrons. The maximum Gasteiger partial charge on any atom is 0.264 e. The number of benzene rings is 2. The minimum absolute atomic E-state index is 0.162. The fourth-order valence-corrected chi connectivity index (χ4v) is 2.92. The molecule has 0 saturated heterocycles. The van der Waals surface area contributed by atoms with Crippen molar-refractivity contribution in [2.75, 3.05) is 11.8 Å². The Hall–Kier alpha value is -1.99. The third kappa shape index (κ3) is 3.77. The highest BCUT2D eigenvalue weighted by Crippen LogP contribution is 2.20. The van der Waals surface area contributed by atoms with Gasteiger partial charge in [0, 0.05) is 12.2 Å². The van der Waals surface area contributed by atoms with Crippen molar-refractivity contribution in [1.29, 1.82) is 0 Å². The predicted molar refractivity (Wildman–Crippen MR) is 76.4 cm³/mol. The number of halogens is 2. The normalized spacial score (nSPS) is 11.4. The van der Waals surface area contributed by atoms with Crippen molar-refractivity contribution in [2.24, 2.45) is 0 Å². The van der Waals surface area contributed by atoms with E-state index < -0.39 is 26.6 Å². The summed E-state index contributed by atoms with van der Waals surface area (Å²) in [7, 11) is -2.35. The van der Waals surface area contributed by atoms with Crippen LogP contribution in [0.1, 0.15) is 5.56 Å². The Morgan fingerprint density at radius 1 is 1.05 bits per heavy atom. The highest BCUT2D eigenvalue weighted by Gasteiger charge is 2.19. The molecule has 0 aliphatic carbocycles. The van der Waals surface area contributed by atoms with E-state index in [4.69, 9.17) is 0 Å². The van der Waals surface area contributed by atoms with Gasteiger partial charge in [0.2, 0.25) is 0 Å². The summed E-state index contributed by atoms with van der Waals surface area (Å²) in [5.41, 5.74) is 0.797. The SMILES string of the molecule is CNCc1ccc(S(=O)(=O)Nc2ccc(F)cc2)c(F)c1. The second kappa shape index (κ2) is 6.19. The van der Waals surface area contributed by atoms with Crippen molar-refractivity contribution < 1.29 is 17.2 Å². The molecule has 0 saturated carbocycles. The summed E-state index contributed by atoms with van der Waals surface area (Å²) in [5.74, 6) is -1.32. The molecule has 0 bridgehead atoms. The number of sulfonamides is 1. The van der Waals surface area contributed by atoms with Gasteiger partial charge in [-0.05, 0) is 49.0 Å². The van der Waals surface area contributed by atoms with Gasteiger partial charge in [-0.25, -0.2) is 17.2 Å². The zero-order valence-corrected chi connectivity index (χ0v) is 12.0. The first-order valence-electron chi connectivity index (χ1n) is 6.14. The highest BCUT2D eigenvalue weighted by atomic mass is 32.2. The van der Waals surface area contributed by atoms with Gasteiger partial charge in [-0.1, -0.05) is 6.07 Å². The Morgan fingerprint density at radius 2 is 1.71 bits per heavy atom. The maximum atomic E-state index is 13.9. The molecule has 2 aromatic rings. The van der Waals surface area contributed by atoms with E-state index in [9.17, 15) is 17.2 Å². The lowest BCUT2D eigenvalue weighted by atomic mass is 10.2. The number of hydrogen-bond acceptors (Lipinski definition) is 3. The molecule has 2 rings (SSSR count). The van der Waals surface area contributed by atoms with Gasteiger partial charge < -0.3 is 5.32 Å². The summed E-state index contributed by atoms with van der Waals surface area (Å²) in [4.78, 5) is -0.452. The Bertz CT molecular complexity index is 731. The third-order valence-electron chi connectivity index (χ3n) is 2.76. The van der Waals surface area contributed by atoms with Crippen LogP contribution in [0.25, 0.3) is 0 Å². The van der Waals surface area contributed by atoms with Gasteiger partial charge in [-0.2, -0.15) is 0 Å². The molecular weight excluding hydrogens is 298 g/mol. The van der Waals surface area contributed by atoms with Gasteiger partial charge in [0.15, 0.2) is 0 Å². The van der Waals surface area contributed by atoms with E-state index >= 15 is 0 Å². The molecule has 0 atom stereocenters. The van der Waals surface area contributed by atoms with Gasteiger partial charge in [0.05, 0.1) is 0 Å². The van der Waals surface area contributed by atoms with Crippen LogP contribution in [0.2, 0.25) is 0 Å². The Kier molecular flexibility index (Phi) is 4.54. The molecule has 2 aromatic carbocycles.